The van der Waals surface area contributed by atoms with E-state index in [2.05, 4.69) is 15.4 Å². The molecular weight excluding hydrogens is 541 g/mol. The maximum absolute atomic E-state index is 12.7. The van der Waals surface area contributed by atoms with E-state index in [1.54, 1.807) is 18.2 Å². The smallest absolute Gasteiger partial charge is 0.337 e. The Balaban J connectivity index is 1.72. The number of amides is 2. The van der Waals surface area contributed by atoms with Crippen LogP contribution in [0.25, 0.3) is 6.08 Å². The van der Waals surface area contributed by atoms with Gasteiger partial charge in [0, 0.05) is 22.0 Å². The quantitative estimate of drug-likeness (QED) is 0.199. The number of nitriles is 1. The average Bonchev–Trinajstić information content (AvgIpc) is 2.88. The molecule has 0 aliphatic rings. The summed E-state index contributed by atoms with van der Waals surface area (Å²) in [6, 6.07) is 17.0. The first-order valence-electron chi connectivity index (χ1n) is 10.5. The number of anilines is 2. The molecule has 3 rings (SSSR count). The number of hydrogen-bond acceptors (Lipinski definition) is 6. The molecule has 188 valence electrons. The van der Waals surface area contributed by atoms with Crippen LogP contribution in [0.5, 0.6) is 5.75 Å². The molecule has 0 saturated carbocycles. The normalized spacial score (nSPS) is 10.7. The first kappa shape index (κ1) is 27.6. The fourth-order valence-corrected chi connectivity index (χ4v) is 3.47. The van der Waals surface area contributed by atoms with Crippen molar-refractivity contribution in [2.75, 3.05) is 24.4 Å². The van der Waals surface area contributed by atoms with Crippen LogP contribution in [0.15, 0.2) is 66.2 Å². The molecule has 37 heavy (non-hydrogen) atoms. The third kappa shape index (κ3) is 7.72. The van der Waals surface area contributed by atoms with Gasteiger partial charge < -0.3 is 20.1 Å². The second kappa shape index (κ2) is 12.8. The number of carbonyl (C=O) groups excluding carboxylic acids is 3. The van der Waals surface area contributed by atoms with E-state index in [1.807, 2.05) is 6.07 Å². The number of nitrogens with one attached hydrogen (secondary N) is 2. The molecule has 0 unspecified atom stereocenters. The number of ether oxygens (including phenoxy) is 2. The molecule has 0 fully saturated rings. The number of nitrogens with zero attached hydrogens (tertiary/aromatic N) is 1. The van der Waals surface area contributed by atoms with Crippen LogP contribution >= 0.6 is 34.8 Å². The summed E-state index contributed by atoms with van der Waals surface area (Å²) in [5.74, 6) is -1.47. The summed E-state index contributed by atoms with van der Waals surface area (Å²) < 4.78 is 10.2. The molecule has 0 aliphatic heterocycles. The van der Waals surface area contributed by atoms with Crippen LogP contribution in [0.2, 0.25) is 15.1 Å². The predicted molar refractivity (Wildman–Crippen MR) is 142 cm³/mol. The molecule has 3 aromatic carbocycles. The number of methoxy groups -OCH3 is 1. The molecule has 8 nitrogen and oxygen atoms in total. The fourth-order valence-electron chi connectivity index (χ4n) is 2.99. The Morgan fingerprint density at radius 1 is 0.919 bits per heavy atom. The number of esters is 1. The minimum atomic E-state index is -0.698. The molecule has 0 spiro atoms. The lowest BCUT2D eigenvalue weighted by Gasteiger charge is -2.11. The molecule has 0 radical (unpaired) electrons. The summed E-state index contributed by atoms with van der Waals surface area (Å²) >= 11 is 17.9. The van der Waals surface area contributed by atoms with E-state index in [-0.39, 0.29) is 23.0 Å². The Labute approximate surface area is 227 Å². The lowest BCUT2D eigenvalue weighted by atomic mass is 10.1. The summed E-state index contributed by atoms with van der Waals surface area (Å²) in [5.41, 5.74) is 1.16. The lowest BCUT2D eigenvalue weighted by molar-refractivity contribution is -0.118. The predicted octanol–water partition coefficient (Wildman–Crippen LogP) is 6.00. The maximum atomic E-state index is 12.7. The fraction of sp³-hybridized carbons (Fsp3) is 0.0769. The summed E-state index contributed by atoms with van der Waals surface area (Å²) in [7, 11) is 1.26. The van der Waals surface area contributed by atoms with Crippen molar-refractivity contribution in [2.45, 2.75) is 0 Å². The van der Waals surface area contributed by atoms with Gasteiger partial charge in [0.25, 0.3) is 11.8 Å². The Morgan fingerprint density at radius 3 is 2.27 bits per heavy atom. The molecular formula is C26H18Cl3N3O5. The van der Waals surface area contributed by atoms with Crippen LogP contribution in [-0.2, 0) is 14.3 Å². The van der Waals surface area contributed by atoms with Crippen molar-refractivity contribution in [1.82, 2.24) is 0 Å². The molecule has 11 heteroatoms. The van der Waals surface area contributed by atoms with Crippen molar-refractivity contribution in [1.29, 1.82) is 5.26 Å². The Hall–Kier alpha value is -4.03. The maximum Gasteiger partial charge on any atom is 0.337 e. The van der Waals surface area contributed by atoms with E-state index < -0.39 is 17.8 Å². The minimum Gasteiger partial charge on any atom is -0.483 e. The monoisotopic (exact) mass is 557 g/mol. The van der Waals surface area contributed by atoms with Crippen LogP contribution in [0.1, 0.15) is 15.9 Å². The largest absolute Gasteiger partial charge is 0.483 e. The third-order valence-corrected chi connectivity index (χ3v) is 5.74. The van der Waals surface area contributed by atoms with Crippen LogP contribution in [-0.4, -0.2) is 31.5 Å². The zero-order chi connectivity index (χ0) is 26.9. The summed E-state index contributed by atoms with van der Waals surface area (Å²) in [4.78, 5) is 36.6. The zero-order valence-corrected chi connectivity index (χ0v) is 21.4. The summed E-state index contributed by atoms with van der Waals surface area (Å²) in [6.07, 6.45) is 1.29. The van der Waals surface area contributed by atoms with Crippen molar-refractivity contribution in [3.8, 4) is 11.8 Å². The van der Waals surface area contributed by atoms with Gasteiger partial charge in [-0.1, -0.05) is 34.8 Å². The van der Waals surface area contributed by atoms with E-state index >= 15 is 0 Å². The number of rotatable bonds is 8. The van der Waals surface area contributed by atoms with E-state index in [4.69, 9.17) is 39.5 Å². The number of halogens is 3. The van der Waals surface area contributed by atoms with Crippen LogP contribution < -0.4 is 15.4 Å². The standard InChI is InChI=1S/C26H18Cl3N3O5/c1-36-26(35)15-2-5-19(6-3-15)32-25(34)17(13-30)10-16-11-18(27)4-9-23(16)37-14-24(33)31-20-7-8-21(28)22(29)12-20/h2-12H,14H2,1H3,(H,31,33)(H,32,34)/b17-10-. The van der Waals surface area contributed by atoms with Gasteiger partial charge in [-0.25, -0.2) is 4.79 Å². The van der Waals surface area contributed by atoms with E-state index in [9.17, 15) is 19.6 Å². The SMILES string of the molecule is COC(=O)c1ccc(NC(=O)/C(C#N)=C\c2cc(Cl)ccc2OCC(=O)Nc2ccc(Cl)c(Cl)c2)cc1. The first-order valence-corrected chi connectivity index (χ1v) is 11.6. The number of benzene rings is 3. The van der Waals surface area contributed by atoms with Gasteiger partial charge in [0.05, 0.1) is 22.7 Å². The van der Waals surface area contributed by atoms with Gasteiger partial charge in [-0.2, -0.15) is 5.26 Å². The van der Waals surface area contributed by atoms with Gasteiger partial charge in [0.1, 0.15) is 17.4 Å². The van der Waals surface area contributed by atoms with E-state index in [0.29, 0.717) is 32.5 Å². The van der Waals surface area contributed by atoms with Crippen molar-refractivity contribution in [3.63, 3.8) is 0 Å². The highest BCUT2D eigenvalue weighted by atomic mass is 35.5. The molecule has 0 aliphatic carbocycles. The minimum absolute atomic E-state index is 0.219. The van der Waals surface area contributed by atoms with Gasteiger partial charge in [-0.15, -0.1) is 0 Å². The summed E-state index contributed by atoms with van der Waals surface area (Å²) in [5, 5.41) is 15.7. The van der Waals surface area contributed by atoms with Gasteiger partial charge in [-0.3, -0.25) is 9.59 Å². The Morgan fingerprint density at radius 2 is 1.62 bits per heavy atom. The van der Waals surface area contributed by atoms with E-state index in [1.165, 1.54) is 55.7 Å². The Bertz CT molecular complexity index is 1420. The van der Waals surface area contributed by atoms with Crippen molar-refractivity contribution in [2.24, 2.45) is 0 Å². The highest BCUT2D eigenvalue weighted by Gasteiger charge is 2.14. The highest BCUT2D eigenvalue weighted by Crippen LogP contribution is 2.27. The molecule has 3 aromatic rings. The van der Waals surface area contributed by atoms with Crippen molar-refractivity contribution >= 4 is 70.0 Å². The zero-order valence-electron chi connectivity index (χ0n) is 19.2. The van der Waals surface area contributed by atoms with Crippen LogP contribution in [0, 0.1) is 11.3 Å². The average molecular weight is 559 g/mol. The molecule has 2 amide bonds. The molecule has 2 N–H and O–H groups in total. The van der Waals surface area contributed by atoms with Gasteiger partial charge in [0.15, 0.2) is 6.61 Å². The second-order valence-corrected chi connectivity index (χ2v) is 8.59. The van der Waals surface area contributed by atoms with Crippen molar-refractivity contribution < 1.29 is 23.9 Å². The van der Waals surface area contributed by atoms with Gasteiger partial charge in [0.2, 0.25) is 0 Å². The van der Waals surface area contributed by atoms with Gasteiger partial charge >= 0.3 is 5.97 Å². The number of carbonyl (C=O) groups is 3. The molecule has 0 saturated heterocycles. The molecule has 0 atom stereocenters. The summed E-state index contributed by atoms with van der Waals surface area (Å²) in [6.45, 7) is -0.372. The molecule has 0 bridgehead atoms. The second-order valence-electron chi connectivity index (χ2n) is 7.34. The lowest BCUT2D eigenvalue weighted by Crippen LogP contribution is -2.20. The van der Waals surface area contributed by atoms with Crippen molar-refractivity contribution in [3.05, 3.63) is 92.4 Å². The van der Waals surface area contributed by atoms with Crippen LogP contribution in [0.4, 0.5) is 11.4 Å². The first-order chi connectivity index (χ1) is 17.7. The number of hydrogen-bond donors (Lipinski definition) is 2. The third-order valence-electron chi connectivity index (χ3n) is 4.76. The van der Waals surface area contributed by atoms with Crippen LogP contribution in [0.3, 0.4) is 0 Å². The highest BCUT2D eigenvalue weighted by molar-refractivity contribution is 6.42. The van der Waals surface area contributed by atoms with Gasteiger partial charge in [-0.05, 0) is 66.7 Å². The molecule has 0 aromatic heterocycles. The van der Waals surface area contributed by atoms with E-state index in [0.717, 1.165) is 0 Å². The topological polar surface area (TPSA) is 118 Å². The Kier molecular flexibility index (Phi) is 9.52. The molecule has 0 heterocycles.